The predicted molar refractivity (Wildman–Crippen MR) is 119 cm³/mol. The molecule has 0 saturated heterocycles. The Bertz CT molecular complexity index is 954. The average Bonchev–Trinajstić information content (AvgIpc) is 3.06. The van der Waals surface area contributed by atoms with E-state index < -0.39 is 11.4 Å². The highest BCUT2D eigenvalue weighted by Crippen LogP contribution is 2.63. The van der Waals surface area contributed by atoms with E-state index in [9.17, 15) is 19.8 Å². The third-order valence-electron chi connectivity index (χ3n) is 9.41. The van der Waals surface area contributed by atoms with Crippen molar-refractivity contribution in [2.75, 3.05) is 5.32 Å². The first-order valence-electron chi connectivity index (χ1n) is 11.8. The zero-order valence-electron chi connectivity index (χ0n) is 18.4. The van der Waals surface area contributed by atoms with E-state index in [4.69, 9.17) is 0 Å². The summed E-state index contributed by atoms with van der Waals surface area (Å²) in [6, 6.07) is 7.48. The predicted octanol–water partition coefficient (Wildman–Crippen LogP) is 4.87. The molecule has 1 heterocycles. The van der Waals surface area contributed by atoms with Crippen molar-refractivity contribution in [3.05, 3.63) is 41.6 Å². The number of anilines is 1. The van der Waals surface area contributed by atoms with Crippen LogP contribution in [0.3, 0.4) is 0 Å². The molecular weight excluding hydrogens is 390 g/mol. The molecule has 4 aliphatic rings. The van der Waals surface area contributed by atoms with Gasteiger partial charge in [-0.1, -0.05) is 25.1 Å². The number of aliphatic hydroxyl groups excluding tert-OH is 1. The van der Waals surface area contributed by atoms with Gasteiger partial charge in [-0.3, -0.25) is 9.59 Å². The summed E-state index contributed by atoms with van der Waals surface area (Å²) in [5.74, 6) is 0.210. The van der Waals surface area contributed by atoms with Crippen LogP contribution in [0, 0.1) is 34.5 Å². The number of rotatable bonds is 2. The molecule has 0 unspecified atom stereocenters. The lowest BCUT2D eigenvalue weighted by Gasteiger charge is -2.60. The Morgan fingerprint density at radius 1 is 1.13 bits per heavy atom. The third-order valence-corrected chi connectivity index (χ3v) is 9.41. The van der Waals surface area contributed by atoms with Crippen molar-refractivity contribution in [3.63, 3.8) is 0 Å². The van der Waals surface area contributed by atoms with Crippen LogP contribution in [0.4, 0.5) is 5.69 Å². The van der Waals surface area contributed by atoms with Crippen LogP contribution in [-0.4, -0.2) is 28.1 Å². The fourth-order valence-corrected chi connectivity index (χ4v) is 7.48. The van der Waals surface area contributed by atoms with Gasteiger partial charge in [-0.25, -0.2) is 0 Å². The highest BCUT2D eigenvalue weighted by molar-refractivity contribution is 6.18. The zero-order valence-corrected chi connectivity index (χ0v) is 18.4. The quantitative estimate of drug-likeness (QED) is 0.591. The van der Waals surface area contributed by atoms with E-state index >= 15 is 0 Å². The molecule has 1 aromatic rings. The molecule has 166 valence electrons. The van der Waals surface area contributed by atoms with Gasteiger partial charge in [0.2, 0.25) is 5.78 Å². The number of carboxylic acids is 1. The maximum atomic E-state index is 13.0. The molecule has 0 aromatic heterocycles. The number of Topliss-reactive ketones (excluding diaryl/α,β-unsaturated/α-hetero) is 1. The van der Waals surface area contributed by atoms with Gasteiger partial charge in [0, 0.05) is 11.3 Å². The van der Waals surface area contributed by atoms with E-state index in [0.29, 0.717) is 29.5 Å². The number of carbonyl (C=O) groups excluding carboxylic acids is 1. The fraction of sp³-hybridized carbons (Fsp3) is 0.615. The maximum absolute atomic E-state index is 13.0. The normalized spacial score (nSPS) is 43.0. The van der Waals surface area contributed by atoms with Crippen LogP contribution in [0.5, 0.6) is 0 Å². The van der Waals surface area contributed by atoms with Gasteiger partial charge in [-0.2, -0.15) is 0 Å². The Kier molecular flexibility index (Phi) is 4.81. The largest absolute Gasteiger partial charge is 0.481 e. The Hall–Kier alpha value is -2.14. The van der Waals surface area contributed by atoms with E-state index in [1.54, 1.807) is 0 Å². The lowest BCUT2D eigenvalue weighted by atomic mass is 9.44. The number of carbonyl (C=O) groups is 2. The first-order chi connectivity index (χ1) is 14.7. The number of hydrogen-bond acceptors (Lipinski definition) is 4. The zero-order chi connectivity index (χ0) is 22.0. The number of benzene rings is 1. The monoisotopic (exact) mass is 423 g/mol. The van der Waals surface area contributed by atoms with Gasteiger partial charge >= 0.3 is 5.97 Å². The Morgan fingerprint density at radius 2 is 1.90 bits per heavy atom. The molecule has 3 aliphatic carbocycles. The number of allylic oxidation sites excluding steroid dienone is 2. The Balaban J connectivity index is 1.52. The van der Waals surface area contributed by atoms with Gasteiger partial charge in [-0.15, -0.1) is 0 Å². The topological polar surface area (TPSA) is 86.6 Å². The summed E-state index contributed by atoms with van der Waals surface area (Å²) in [4.78, 5) is 25.5. The number of nitrogens with one attached hydrogen (secondary N) is 1. The van der Waals surface area contributed by atoms with E-state index in [2.05, 4.69) is 12.2 Å². The van der Waals surface area contributed by atoms with Crippen molar-refractivity contribution in [2.45, 2.75) is 64.9 Å². The first kappa shape index (κ1) is 20.7. The second-order valence-electron chi connectivity index (χ2n) is 10.8. The van der Waals surface area contributed by atoms with Gasteiger partial charge in [-0.05, 0) is 93.1 Å². The summed E-state index contributed by atoms with van der Waals surface area (Å²) in [5, 5.41) is 23.7. The van der Waals surface area contributed by atoms with Gasteiger partial charge < -0.3 is 15.5 Å². The highest BCUT2D eigenvalue weighted by atomic mass is 16.4. The summed E-state index contributed by atoms with van der Waals surface area (Å²) < 4.78 is 0. The molecular formula is C26H33NO4. The minimum Gasteiger partial charge on any atom is -0.481 e. The van der Waals surface area contributed by atoms with E-state index in [0.717, 1.165) is 44.2 Å². The molecule has 31 heavy (non-hydrogen) atoms. The molecule has 0 amide bonds. The molecule has 1 aliphatic heterocycles. The van der Waals surface area contributed by atoms with Crippen LogP contribution < -0.4 is 5.32 Å². The van der Waals surface area contributed by atoms with Crippen molar-refractivity contribution in [2.24, 2.45) is 34.5 Å². The Labute approximate surface area is 183 Å². The molecule has 5 heteroatoms. The van der Waals surface area contributed by atoms with Crippen LogP contribution in [-0.2, 0) is 4.79 Å². The van der Waals surface area contributed by atoms with Gasteiger partial charge in [0.05, 0.1) is 17.2 Å². The molecule has 7 atom stereocenters. The molecule has 3 saturated carbocycles. The highest BCUT2D eigenvalue weighted by Gasteiger charge is 2.58. The van der Waals surface area contributed by atoms with Crippen molar-refractivity contribution >= 4 is 17.4 Å². The number of hydrogen-bond donors (Lipinski definition) is 3. The molecule has 3 N–H and O–H groups in total. The molecule has 3 fully saturated rings. The van der Waals surface area contributed by atoms with Crippen LogP contribution in [0.1, 0.15) is 69.2 Å². The van der Waals surface area contributed by atoms with E-state index in [1.807, 2.05) is 37.3 Å². The number of para-hydroxylation sites is 1. The number of aliphatic hydroxyl groups is 1. The molecule has 1 aromatic carbocycles. The van der Waals surface area contributed by atoms with Gasteiger partial charge in [0.1, 0.15) is 0 Å². The fourth-order valence-electron chi connectivity index (χ4n) is 7.48. The smallest absolute Gasteiger partial charge is 0.309 e. The van der Waals surface area contributed by atoms with Crippen molar-refractivity contribution in [1.29, 1.82) is 0 Å². The minimum absolute atomic E-state index is 0.0360. The third kappa shape index (κ3) is 3.07. The molecule has 5 nitrogen and oxygen atoms in total. The summed E-state index contributed by atoms with van der Waals surface area (Å²) in [7, 11) is 0. The number of fused-ring (bicyclic) bond motifs is 4. The maximum Gasteiger partial charge on any atom is 0.309 e. The molecule has 0 spiro atoms. The summed E-state index contributed by atoms with van der Waals surface area (Å²) in [5.41, 5.74) is 1.28. The molecule has 0 bridgehead atoms. The second-order valence-corrected chi connectivity index (χ2v) is 10.8. The standard InChI is InChI=1S/C26H33NO4/c1-25-11-9-16(28)13-15(25)7-8-17-19(25)10-12-26(2,24(30)31)20(17)14-22-23(29)18-5-3-4-6-21(18)27-22/h3-6,14-17,19-20,27-28H,7-13H2,1-2H3,(H,30,31)/b22-14+/t15-,16-,17+,19-,20+,25+,26+/m1/s1. The van der Waals surface area contributed by atoms with Gasteiger partial charge in [0.15, 0.2) is 0 Å². The summed E-state index contributed by atoms with van der Waals surface area (Å²) in [6.07, 6.45) is 8.04. The van der Waals surface area contributed by atoms with Gasteiger partial charge in [0.25, 0.3) is 0 Å². The number of carboxylic acid groups (broad SMARTS) is 1. The number of ketones is 1. The van der Waals surface area contributed by atoms with E-state index in [-0.39, 0.29) is 29.1 Å². The Morgan fingerprint density at radius 3 is 2.65 bits per heavy atom. The summed E-state index contributed by atoms with van der Waals surface area (Å²) in [6.45, 7) is 4.25. The lowest BCUT2D eigenvalue weighted by Crippen LogP contribution is -2.55. The minimum atomic E-state index is -0.873. The van der Waals surface area contributed by atoms with Crippen LogP contribution in [0.25, 0.3) is 0 Å². The molecule has 0 radical (unpaired) electrons. The van der Waals surface area contributed by atoms with Crippen molar-refractivity contribution in [1.82, 2.24) is 0 Å². The molecule has 5 rings (SSSR count). The second kappa shape index (κ2) is 7.19. The van der Waals surface area contributed by atoms with Crippen molar-refractivity contribution < 1.29 is 19.8 Å². The van der Waals surface area contributed by atoms with E-state index in [1.165, 1.54) is 0 Å². The van der Waals surface area contributed by atoms with Crippen LogP contribution >= 0.6 is 0 Å². The lowest BCUT2D eigenvalue weighted by molar-refractivity contribution is -0.164. The van der Waals surface area contributed by atoms with Crippen LogP contribution in [0.2, 0.25) is 0 Å². The summed E-state index contributed by atoms with van der Waals surface area (Å²) >= 11 is 0. The van der Waals surface area contributed by atoms with Crippen LogP contribution in [0.15, 0.2) is 36.0 Å². The SMILES string of the molecule is C[C@]12CC[C@@H](O)C[C@H]1CC[C@H]1[C@H]2CC[C@](C)(C(=O)O)[C@H]1/C=C1/Nc2ccccc2C1=O. The van der Waals surface area contributed by atoms with Crippen molar-refractivity contribution in [3.8, 4) is 0 Å². The number of aliphatic carboxylic acids is 1. The average molecular weight is 424 g/mol. The first-order valence-corrected chi connectivity index (χ1v) is 11.8.